The monoisotopic (exact) mass is 252 g/mol. The fourth-order valence-electron chi connectivity index (χ4n) is 1.30. The number of aromatic hydroxyl groups is 1. The van der Waals surface area contributed by atoms with Gasteiger partial charge in [-0.25, -0.2) is 4.98 Å². The number of nitrogens with zero attached hydrogens (tertiary/aromatic N) is 2. The van der Waals surface area contributed by atoms with Crippen molar-refractivity contribution in [2.24, 2.45) is 0 Å². The Morgan fingerprint density at radius 2 is 2.21 bits per heavy atom. The summed E-state index contributed by atoms with van der Waals surface area (Å²) in [7, 11) is 0. The molecule has 0 radical (unpaired) electrons. The van der Waals surface area contributed by atoms with Crippen LogP contribution in [0.3, 0.4) is 0 Å². The molecule has 0 unspecified atom stereocenters. The zero-order valence-electron chi connectivity index (χ0n) is 7.61. The lowest BCUT2D eigenvalue weighted by molar-refractivity contribution is 0.471. The van der Waals surface area contributed by atoms with Crippen LogP contribution in [-0.2, 0) is 0 Å². The van der Waals surface area contributed by atoms with Crippen molar-refractivity contribution in [2.75, 3.05) is 0 Å². The average molecular weight is 253 g/mol. The molecule has 0 fully saturated rings. The van der Waals surface area contributed by atoms with E-state index in [1.807, 2.05) is 29.8 Å². The fraction of sp³-hybridized carbons (Fsp3) is 0.100. The number of phenols is 1. The molecule has 3 nitrogen and oxygen atoms in total. The Balaban J connectivity index is 2.53. The number of phenolic OH excluding ortho intramolecular Hbond substituents is 1. The van der Waals surface area contributed by atoms with Crippen LogP contribution in [0.4, 0.5) is 0 Å². The standard InChI is InChI=1S/C10H9BrN2O/c1-7-12-4-5-13(7)8-2-3-9(11)10(14)6-8/h2-6,14H,1H3. The topological polar surface area (TPSA) is 38.0 Å². The molecule has 0 spiro atoms. The molecule has 0 aliphatic carbocycles. The predicted molar refractivity (Wildman–Crippen MR) is 57.7 cm³/mol. The van der Waals surface area contributed by atoms with Gasteiger partial charge >= 0.3 is 0 Å². The summed E-state index contributed by atoms with van der Waals surface area (Å²) < 4.78 is 2.60. The number of aromatic nitrogens is 2. The number of hydrogen-bond donors (Lipinski definition) is 1. The molecule has 0 amide bonds. The van der Waals surface area contributed by atoms with Gasteiger partial charge in [0.05, 0.1) is 10.2 Å². The van der Waals surface area contributed by atoms with Crippen molar-refractivity contribution >= 4 is 15.9 Å². The first-order chi connectivity index (χ1) is 6.68. The maximum absolute atomic E-state index is 9.51. The highest BCUT2D eigenvalue weighted by molar-refractivity contribution is 9.10. The highest BCUT2D eigenvalue weighted by Crippen LogP contribution is 2.26. The summed E-state index contributed by atoms with van der Waals surface area (Å²) in [6.45, 7) is 1.92. The Bertz CT molecular complexity index is 465. The summed E-state index contributed by atoms with van der Waals surface area (Å²) in [5.74, 6) is 1.13. The molecular formula is C10H9BrN2O. The van der Waals surface area contributed by atoms with E-state index in [1.165, 1.54) is 0 Å². The summed E-state index contributed by atoms with van der Waals surface area (Å²) in [5.41, 5.74) is 0.903. The van der Waals surface area contributed by atoms with Crippen LogP contribution in [0.2, 0.25) is 0 Å². The van der Waals surface area contributed by atoms with Gasteiger partial charge in [-0.3, -0.25) is 0 Å². The molecule has 1 heterocycles. The normalized spacial score (nSPS) is 10.4. The molecule has 0 atom stereocenters. The lowest BCUT2D eigenvalue weighted by Gasteiger charge is -2.05. The molecule has 0 saturated carbocycles. The first-order valence-electron chi connectivity index (χ1n) is 4.17. The van der Waals surface area contributed by atoms with Crippen molar-refractivity contribution in [1.82, 2.24) is 9.55 Å². The largest absolute Gasteiger partial charge is 0.507 e. The maximum atomic E-state index is 9.51. The Hall–Kier alpha value is -1.29. The van der Waals surface area contributed by atoms with E-state index in [0.29, 0.717) is 4.47 Å². The summed E-state index contributed by atoms with van der Waals surface area (Å²) in [4.78, 5) is 4.11. The number of aryl methyl sites for hydroxylation is 1. The summed E-state index contributed by atoms with van der Waals surface area (Å²) >= 11 is 3.24. The quantitative estimate of drug-likeness (QED) is 0.848. The van der Waals surface area contributed by atoms with E-state index in [9.17, 15) is 5.11 Å². The number of hydrogen-bond acceptors (Lipinski definition) is 2. The molecule has 0 bridgehead atoms. The van der Waals surface area contributed by atoms with E-state index in [0.717, 1.165) is 11.5 Å². The number of halogens is 1. The van der Waals surface area contributed by atoms with E-state index in [-0.39, 0.29) is 5.75 Å². The van der Waals surface area contributed by atoms with Gasteiger partial charge in [0, 0.05) is 18.5 Å². The Morgan fingerprint density at radius 3 is 2.79 bits per heavy atom. The van der Waals surface area contributed by atoms with Gasteiger partial charge < -0.3 is 9.67 Å². The second-order valence-electron chi connectivity index (χ2n) is 2.98. The first-order valence-corrected chi connectivity index (χ1v) is 4.96. The Kier molecular flexibility index (Phi) is 2.29. The van der Waals surface area contributed by atoms with Gasteiger partial charge in [-0.05, 0) is 35.0 Å². The molecule has 14 heavy (non-hydrogen) atoms. The van der Waals surface area contributed by atoms with Gasteiger partial charge in [-0.2, -0.15) is 0 Å². The zero-order chi connectivity index (χ0) is 10.1. The van der Waals surface area contributed by atoms with Gasteiger partial charge in [-0.1, -0.05) is 0 Å². The van der Waals surface area contributed by atoms with E-state index in [1.54, 1.807) is 12.3 Å². The summed E-state index contributed by atoms with van der Waals surface area (Å²) in [5, 5.41) is 9.51. The lowest BCUT2D eigenvalue weighted by atomic mass is 10.3. The van der Waals surface area contributed by atoms with E-state index in [2.05, 4.69) is 20.9 Å². The van der Waals surface area contributed by atoms with Crippen molar-refractivity contribution in [3.8, 4) is 11.4 Å². The molecular weight excluding hydrogens is 244 g/mol. The minimum atomic E-state index is 0.232. The van der Waals surface area contributed by atoms with Gasteiger partial charge in [0.25, 0.3) is 0 Å². The van der Waals surface area contributed by atoms with Gasteiger partial charge in [0.1, 0.15) is 11.6 Å². The van der Waals surface area contributed by atoms with Crippen LogP contribution in [0, 0.1) is 6.92 Å². The van der Waals surface area contributed by atoms with E-state index >= 15 is 0 Å². The second kappa shape index (κ2) is 3.46. The molecule has 72 valence electrons. The smallest absolute Gasteiger partial charge is 0.131 e. The van der Waals surface area contributed by atoms with Gasteiger partial charge in [-0.15, -0.1) is 0 Å². The molecule has 2 aromatic rings. The summed E-state index contributed by atoms with van der Waals surface area (Å²) in [6, 6.07) is 5.42. The van der Waals surface area contributed by atoms with Crippen LogP contribution in [0.5, 0.6) is 5.75 Å². The molecule has 4 heteroatoms. The molecule has 0 aliphatic rings. The third-order valence-electron chi connectivity index (χ3n) is 2.03. The summed E-state index contributed by atoms with van der Waals surface area (Å²) in [6.07, 6.45) is 3.59. The first kappa shape index (κ1) is 9.27. The number of benzene rings is 1. The van der Waals surface area contributed by atoms with E-state index in [4.69, 9.17) is 0 Å². The average Bonchev–Trinajstić information content (AvgIpc) is 2.57. The van der Waals surface area contributed by atoms with Crippen LogP contribution in [-0.4, -0.2) is 14.7 Å². The lowest BCUT2D eigenvalue weighted by Crippen LogP contribution is -1.94. The van der Waals surface area contributed by atoms with Crippen LogP contribution >= 0.6 is 15.9 Å². The highest BCUT2D eigenvalue weighted by Gasteiger charge is 2.03. The van der Waals surface area contributed by atoms with Crippen LogP contribution < -0.4 is 0 Å². The van der Waals surface area contributed by atoms with Crippen LogP contribution in [0.1, 0.15) is 5.82 Å². The second-order valence-corrected chi connectivity index (χ2v) is 3.83. The van der Waals surface area contributed by atoms with Crippen LogP contribution in [0.15, 0.2) is 35.1 Å². The number of imidazole rings is 1. The predicted octanol–water partition coefficient (Wildman–Crippen LogP) is 2.65. The highest BCUT2D eigenvalue weighted by atomic mass is 79.9. The molecule has 1 aromatic heterocycles. The van der Waals surface area contributed by atoms with Crippen molar-refractivity contribution in [3.05, 3.63) is 40.9 Å². The van der Waals surface area contributed by atoms with Crippen molar-refractivity contribution < 1.29 is 5.11 Å². The minimum absolute atomic E-state index is 0.232. The minimum Gasteiger partial charge on any atom is -0.507 e. The Morgan fingerprint density at radius 1 is 1.43 bits per heavy atom. The number of rotatable bonds is 1. The van der Waals surface area contributed by atoms with Crippen molar-refractivity contribution in [3.63, 3.8) is 0 Å². The zero-order valence-corrected chi connectivity index (χ0v) is 9.19. The maximum Gasteiger partial charge on any atom is 0.131 e. The third-order valence-corrected chi connectivity index (χ3v) is 2.70. The van der Waals surface area contributed by atoms with Crippen LogP contribution in [0.25, 0.3) is 5.69 Å². The van der Waals surface area contributed by atoms with Gasteiger partial charge in [0.15, 0.2) is 0 Å². The Labute approximate surface area is 90.2 Å². The molecule has 0 saturated heterocycles. The van der Waals surface area contributed by atoms with Crippen molar-refractivity contribution in [2.45, 2.75) is 6.92 Å². The molecule has 1 N–H and O–H groups in total. The molecule has 0 aliphatic heterocycles. The molecule has 1 aromatic carbocycles. The van der Waals surface area contributed by atoms with Gasteiger partial charge in [0.2, 0.25) is 0 Å². The third kappa shape index (κ3) is 1.53. The SMILES string of the molecule is Cc1nccn1-c1ccc(Br)c(O)c1. The van der Waals surface area contributed by atoms with Crippen molar-refractivity contribution in [1.29, 1.82) is 0 Å². The fourth-order valence-corrected chi connectivity index (χ4v) is 1.55. The molecule has 2 rings (SSSR count). The van der Waals surface area contributed by atoms with E-state index < -0.39 is 0 Å².